The Morgan fingerprint density at radius 1 is 0.758 bits per heavy atom. The Hall–Kier alpha value is -3.70. The van der Waals surface area contributed by atoms with Crippen LogP contribution in [0.25, 0.3) is 0 Å². The van der Waals surface area contributed by atoms with Gasteiger partial charge in [-0.05, 0) is 47.5 Å². The van der Waals surface area contributed by atoms with Gasteiger partial charge in [0.1, 0.15) is 0 Å². The second-order valence-electron chi connectivity index (χ2n) is 7.07. The smallest absolute Gasteiger partial charge is 0.312 e. The van der Waals surface area contributed by atoms with Gasteiger partial charge in [0.05, 0.1) is 15.5 Å². The number of rotatable bonds is 8. The van der Waals surface area contributed by atoms with Crippen LogP contribution in [0, 0.1) is 0 Å². The molecule has 0 saturated heterocycles. The van der Waals surface area contributed by atoms with Crippen molar-refractivity contribution < 1.29 is 26.4 Å². The Bertz CT molecular complexity index is 1370. The molecule has 33 heavy (non-hydrogen) atoms. The third kappa shape index (κ3) is 6.40. The van der Waals surface area contributed by atoms with Gasteiger partial charge in [0, 0.05) is 12.1 Å². The van der Waals surface area contributed by atoms with Crippen molar-refractivity contribution in [2.24, 2.45) is 5.73 Å². The molecule has 0 fully saturated rings. The molecule has 0 saturated carbocycles. The molecule has 9 nitrogen and oxygen atoms in total. The minimum absolute atomic E-state index is 0.00150. The highest BCUT2D eigenvalue weighted by Crippen LogP contribution is 2.18. The van der Waals surface area contributed by atoms with Crippen LogP contribution in [0.15, 0.2) is 88.7 Å². The first-order chi connectivity index (χ1) is 15.6. The van der Waals surface area contributed by atoms with E-state index < -0.39 is 31.8 Å². The number of primary amides is 1. The molecule has 0 atom stereocenters. The van der Waals surface area contributed by atoms with E-state index in [1.165, 1.54) is 54.6 Å². The fourth-order valence-electron chi connectivity index (χ4n) is 2.95. The van der Waals surface area contributed by atoms with E-state index in [-0.39, 0.29) is 27.7 Å². The molecule has 11 heteroatoms. The van der Waals surface area contributed by atoms with Crippen molar-refractivity contribution in [2.75, 3.05) is 0 Å². The Morgan fingerprint density at radius 3 is 2.06 bits per heavy atom. The van der Waals surface area contributed by atoms with E-state index in [1.807, 2.05) is 4.72 Å². The molecule has 3 aromatic carbocycles. The zero-order valence-corrected chi connectivity index (χ0v) is 18.9. The number of nitrogens with two attached hydrogens (primary N) is 1. The number of hydrogen-bond donors (Lipinski definition) is 3. The van der Waals surface area contributed by atoms with Crippen molar-refractivity contribution >= 4 is 31.8 Å². The van der Waals surface area contributed by atoms with E-state index in [9.17, 15) is 26.4 Å². The Balaban J connectivity index is 1.73. The van der Waals surface area contributed by atoms with Gasteiger partial charge in [-0.2, -0.15) is 0 Å². The van der Waals surface area contributed by atoms with Crippen LogP contribution >= 0.6 is 0 Å². The number of amides is 3. The molecule has 0 aliphatic rings. The molecule has 0 bridgehead atoms. The molecule has 3 rings (SSSR count). The summed E-state index contributed by atoms with van der Waals surface area (Å²) in [6, 6.07) is 18.5. The van der Waals surface area contributed by atoms with Crippen LogP contribution in [0.2, 0.25) is 0 Å². The molecule has 0 aliphatic heterocycles. The number of sulfonamides is 1. The van der Waals surface area contributed by atoms with Gasteiger partial charge < -0.3 is 11.1 Å². The lowest BCUT2D eigenvalue weighted by molar-refractivity contribution is 0.0981. The first kappa shape index (κ1) is 24.0. The van der Waals surface area contributed by atoms with Crippen molar-refractivity contribution in [2.45, 2.75) is 22.1 Å². The Labute approximate surface area is 191 Å². The van der Waals surface area contributed by atoms with Crippen LogP contribution in [0.1, 0.15) is 21.5 Å². The van der Waals surface area contributed by atoms with Crippen LogP contribution in [-0.2, 0) is 32.2 Å². The Kier molecular flexibility index (Phi) is 7.14. The van der Waals surface area contributed by atoms with Crippen molar-refractivity contribution in [3.63, 3.8) is 0 Å². The molecule has 0 aromatic heterocycles. The molecule has 0 spiro atoms. The summed E-state index contributed by atoms with van der Waals surface area (Å²) in [6.45, 7) is 0.126. The van der Waals surface area contributed by atoms with E-state index in [4.69, 9.17) is 5.73 Å². The van der Waals surface area contributed by atoms with Gasteiger partial charge in [-0.15, -0.1) is 0 Å². The SMILES string of the molecule is NC(=O)NCc1ccc(S(=O)(=O)NC(=O)c2cccc(CS(=O)(=O)c3ccccc3)c2)cc1. The summed E-state index contributed by atoms with van der Waals surface area (Å²) in [5, 5.41) is 2.38. The zero-order chi connectivity index (χ0) is 24.1. The standard InChI is InChI=1S/C22H21N3O6S2/c23-22(27)24-14-16-9-11-20(12-10-16)33(30,31)25-21(26)18-6-4-5-17(13-18)15-32(28,29)19-7-2-1-3-8-19/h1-13H,14-15H2,(H,25,26)(H3,23,24,27). The lowest BCUT2D eigenvalue weighted by Gasteiger charge is -2.10. The summed E-state index contributed by atoms with van der Waals surface area (Å²) in [5.74, 6) is -1.24. The number of hydrogen-bond acceptors (Lipinski definition) is 6. The topological polar surface area (TPSA) is 152 Å². The summed E-state index contributed by atoms with van der Waals surface area (Å²) < 4.78 is 52.3. The summed E-state index contributed by atoms with van der Waals surface area (Å²) in [4.78, 5) is 23.3. The third-order valence-electron chi connectivity index (χ3n) is 4.58. The Morgan fingerprint density at radius 2 is 1.42 bits per heavy atom. The van der Waals surface area contributed by atoms with Gasteiger partial charge in [-0.25, -0.2) is 26.4 Å². The number of urea groups is 1. The third-order valence-corrected chi connectivity index (χ3v) is 7.63. The zero-order valence-electron chi connectivity index (χ0n) is 17.3. The van der Waals surface area contributed by atoms with Crippen molar-refractivity contribution in [1.82, 2.24) is 10.0 Å². The van der Waals surface area contributed by atoms with Crippen LogP contribution in [0.4, 0.5) is 4.79 Å². The minimum atomic E-state index is -4.18. The predicted molar refractivity (Wildman–Crippen MR) is 121 cm³/mol. The average molecular weight is 488 g/mol. The highest BCUT2D eigenvalue weighted by Gasteiger charge is 2.20. The van der Waals surface area contributed by atoms with Crippen molar-refractivity contribution in [3.05, 3.63) is 95.6 Å². The quantitative estimate of drug-likeness (QED) is 0.441. The number of nitrogens with one attached hydrogen (secondary N) is 2. The molecular formula is C22H21N3O6S2. The molecule has 4 N–H and O–H groups in total. The molecular weight excluding hydrogens is 466 g/mol. The second kappa shape index (κ2) is 9.84. The van der Waals surface area contributed by atoms with Gasteiger partial charge in [-0.3, -0.25) is 4.79 Å². The summed E-state index contributed by atoms with van der Waals surface area (Å²) in [5.41, 5.74) is 5.96. The number of benzene rings is 3. The predicted octanol–water partition coefficient (Wildman–Crippen LogP) is 1.95. The molecule has 0 unspecified atom stereocenters. The summed E-state index contributed by atoms with van der Waals surface area (Å²) >= 11 is 0. The normalized spacial score (nSPS) is 11.5. The van der Waals surface area contributed by atoms with Gasteiger partial charge >= 0.3 is 6.03 Å². The first-order valence-electron chi connectivity index (χ1n) is 9.63. The maximum atomic E-state index is 12.6. The van der Waals surface area contributed by atoms with Gasteiger partial charge in [0.2, 0.25) is 0 Å². The molecule has 3 amide bonds. The van der Waals surface area contributed by atoms with Gasteiger partial charge in [0.15, 0.2) is 9.84 Å². The highest BCUT2D eigenvalue weighted by molar-refractivity contribution is 7.90. The van der Waals surface area contributed by atoms with E-state index in [0.29, 0.717) is 11.1 Å². The monoisotopic (exact) mass is 487 g/mol. The fourth-order valence-corrected chi connectivity index (χ4v) is 5.28. The van der Waals surface area contributed by atoms with Gasteiger partial charge in [-0.1, -0.05) is 42.5 Å². The highest BCUT2D eigenvalue weighted by atomic mass is 32.2. The number of carbonyl (C=O) groups excluding carboxylic acids is 2. The number of sulfone groups is 1. The van der Waals surface area contributed by atoms with Crippen molar-refractivity contribution in [3.8, 4) is 0 Å². The molecule has 3 aromatic rings. The molecule has 0 aliphatic carbocycles. The maximum absolute atomic E-state index is 12.6. The maximum Gasteiger partial charge on any atom is 0.312 e. The molecule has 172 valence electrons. The molecule has 0 radical (unpaired) electrons. The van der Waals surface area contributed by atoms with E-state index >= 15 is 0 Å². The minimum Gasteiger partial charge on any atom is -0.352 e. The van der Waals surface area contributed by atoms with Gasteiger partial charge in [0.25, 0.3) is 15.9 Å². The van der Waals surface area contributed by atoms with E-state index in [1.54, 1.807) is 24.3 Å². The summed E-state index contributed by atoms with van der Waals surface area (Å²) in [7, 11) is -7.81. The first-order valence-corrected chi connectivity index (χ1v) is 12.8. The van der Waals surface area contributed by atoms with Crippen LogP contribution in [-0.4, -0.2) is 28.8 Å². The largest absolute Gasteiger partial charge is 0.352 e. The van der Waals surface area contributed by atoms with Crippen LogP contribution in [0.3, 0.4) is 0 Å². The van der Waals surface area contributed by atoms with E-state index in [2.05, 4.69) is 5.32 Å². The van der Waals surface area contributed by atoms with Crippen LogP contribution < -0.4 is 15.8 Å². The average Bonchev–Trinajstić information content (AvgIpc) is 2.78. The number of carbonyl (C=O) groups is 2. The van der Waals surface area contributed by atoms with Crippen molar-refractivity contribution in [1.29, 1.82) is 0 Å². The molecule has 0 heterocycles. The van der Waals surface area contributed by atoms with E-state index in [0.717, 1.165) is 0 Å². The lowest BCUT2D eigenvalue weighted by atomic mass is 10.1. The summed E-state index contributed by atoms with van der Waals surface area (Å²) in [6.07, 6.45) is 0. The van der Waals surface area contributed by atoms with Crippen LogP contribution in [0.5, 0.6) is 0 Å². The second-order valence-corrected chi connectivity index (χ2v) is 10.7. The fraction of sp³-hybridized carbons (Fsp3) is 0.0909. The lowest BCUT2D eigenvalue weighted by Crippen LogP contribution is -2.31.